The van der Waals surface area contributed by atoms with Crippen molar-refractivity contribution in [3.63, 3.8) is 0 Å². The van der Waals surface area contributed by atoms with Crippen LogP contribution in [0.2, 0.25) is 0 Å². The molecule has 5 fully saturated rings. The van der Waals surface area contributed by atoms with E-state index in [2.05, 4.69) is 15.1 Å². The number of piperazine rings is 1. The number of anilines is 1. The van der Waals surface area contributed by atoms with E-state index in [4.69, 9.17) is 5.73 Å². The van der Waals surface area contributed by atoms with Crippen LogP contribution < -0.4 is 11.1 Å². The molecule has 4 aliphatic carbocycles. The van der Waals surface area contributed by atoms with Crippen LogP contribution in [0.15, 0.2) is 29.2 Å². The highest BCUT2D eigenvalue weighted by Gasteiger charge is 2.55. The maximum Gasteiger partial charge on any atom is 0.238 e. The van der Waals surface area contributed by atoms with Gasteiger partial charge in [0.05, 0.1) is 23.4 Å². The van der Waals surface area contributed by atoms with Gasteiger partial charge in [0.15, 0.2) is 0 Å². The first kappa shape index (κ1) is 22.7. The quantitative estimate of drug-likeness (QED) is 0.597. The second kappa shape index (κ2) is 9.29. The average Bonchev–Trinajstić information content (AvgIpc) is 2.77. The molecular formula is C25H34N4O3S. The van der Waals surface area contributed by atoms with Gasteiger partial charge in [0, 0.05) is 31.1 Å². The molecule has 4 saturated carbocycles. The standard InChI is InChI=1S/C25H34N4O3S/c26-22(30)16-33-21-4-2-1-3-20(21)27-23(31)15-28-5-7-29(8-6-28)24(32)25-12-17-9-18(13-25)11-19(10-17)14-25/h1-4,17-19H,5-16H2,(H2,26,30)(H,27,31). The molecule has 1 aliphatic heterocycles. The second-order valence-corrected chi connectivity index (χ2v) is 11.6. The maximum absolute atomic E-state index is 13.6. The van der Waals surface area contributed by atoms with E-state index in [1.165, 1.54) is 31.0 Å². The molecule has 4 bridgehead atoms. The molecule has 0 unspecified atom stereocenters. The lowest BCUT2D eigenvalue weighted by atomic mass is 9.49. The van der Waals surface area contributed by atoms with Gasteiger partial charge in [-0.2, -0.15) is 0 Å². The number of nitrogens with two attached hydrogens (primary N) is 1. The van der Waals surface area contributed by atoms with Crippen molar-refractivity contribution in [1.82, 2.24) is 9.80 Å². The fourth-order valence-electron chi connectivity index (χ4n) is 7.05. The highest BCUT2D eigenvalue weighted by Crippen LogP contribution is 2.60. The van der Waals surface area contributed by atoms with Gasteiger partial charge >= 0.3 is 0 Å². The normalized spacial score (nSPS) is 30.9. The number of carbonyl (C=O) groups is 3. The van der Waals surface area contributed by atoms with Gasteiger partial charge in [-0.05, 0) is 68.4 Å². The summed E-state index contributed by atoms with van der Waals surface area (Å²) in [4.78, 5) is 42.4. The number of benzene rings is 1. The summed E-state index contributed by atoms with van der Waals surface area (Å²) in [6, 6.07) is 7.44. The van der Waals surface area contributed by atoms with Gasteiger partial charge in [-0.25, -0.2) is 0 Å². The van der Waals surface area contributed by atoms with E-state index in [0.29, 0.717) is 31.2 Å². The van der Waals surface area contributed by atoms with Gasteiger partial charge in [-0.3, -0.25) is 19.3 Å². The van der Waals surface area contributed by atoms with Crippen LogP contribution in [0, 0.1) is 23.2 Å². The zero-order valence-corrected chi connectivity index (χ0v) is 19.9. The third-order valence-electron chi connectivity index (χ3n) is 8.05. The molecule has 0 spiro atoms. The smallest absolute Gasteiger partial charge is 0.238 e. The van der Waals surface area contributed by atoms with Crippen molar-refractivity contribution in [1.29, 1.82) is 0 Å². The molecule has 6 rings (SSSR count). The largest absolute Gasteiger partial charge is 0.369 e. The number of rotatable bonds is 7. The summed E-state index contributed by atoms with van der Waals surface area (Å²) in [5, 5.41) is 2.97. The minimum Gasteiger partial charge on any atom is -0.369 e. The minimum atomic E-state index is -0.387. The fraction of sp³-hybridized carbons (Fsp3) is 0.640. The Kier molecular flexibility index (Phi) is 6.40. The highest BCUT2D eigenvalue weighted by molar-refractivity contribution is 8.00. The summed E-state index contributed by atoms with van der Waals surface area (Å²) < 4.78 is 0. The van der Waals surface area contributed by atoms with Crippen molar-refractivity contribution in [3.8, 4) is 0 Å². The molecule has 3 amide bonds. The summed E-state index contributed by atoms with van der Waals surface area (Å²) in [5.41, 5.74) is 5.87. The Balaban J connectivity index is 1.12. The van der Waals surface area contributed by atoms with Crippen LogP contribution in [-0.2, 0) is 14.4 Å². The van der Waals surface area contributed by atoms with Crippen molar-refractivity contribution in [3.05, 3.63) is 24.3 Å². The first-order chi connectivity index (χ1) is 15.9. The number of amides is 3. The molecular weight excluding hydrogens is 436 g/mol. The minimum absolute atomic E-state index is 0.0806. The lowest BCUT2D eigenvalue weighted by molar-refractivity contribution is -0.159. The third kappa shape index (κ3) is 4.92. The molecule has 1 heterocycles. The number of hydrogen-bond donors (Lipinski definition) is 2. The predicted octanol–water partition coefficient (Wildman–Crippen LogP) is 2.56. The number of para-hydroxylation sites is 1. The Bertz CT molecular complexity index is 893. The Hall–Kier alpha value is -2.06. The van der Waals surface area contributed by atoms with Crippen LogP contribution in [0.5, 0.6) is 0 Å². The van der Waals surface area contributed by atoms with Crippen LogP contribution in [-0.4, -0.2) is 66.0 Å². The lowest BCUT2D eigenvalue weighted by Gasteiger charge is -2.57. The number of primary amides is 1. The monoisotopic (exact) mass is 470 g/mol. The number of thioether (sulfide) groups is 1. The number of nitrogens with one attached hydrogen (secondary N) is 1. The van der Waals surface area contributed by atoms with Crippen molar-refractivity contribution < 1.29 is 14.4 Å². The van der Waals surface area contributed by atoms with Crippen molar-refractivity contribution in [2.75, 3.05) is 43.8 Å². The van der Waals surface area contributed by atoms with E-state index in [9.17, 15) is 14.4 Å². The molecule has 1 aromatic rings. The SMILES string of the molecule is NC(=O)CSc1ccccc1NC(=O)CN1CCN(C(=O)C23CC4CC(CC(C4)C2)C3)CC1. The zero-order chi connectivity index (χ0) is 23.0. The van der Waals surface area contributed by atoms with Crippen LogP contribution in [0.3, 0.4) is 0 Å². The molecule has 1 saturated heterocycles. The zero-order valence-electron chi connectivity index (χ0n) is 19.1. The first-order valence-corrected chi connectivity index (χ1v) is 13.2. The lowest BCUT2D eigenvalue weighted by Crippen LogP contribution is -2.58. The molecule has 7 nitrogen and oxygen atoms in total. The van der Waals surface area contributed by atoms with Crippen LogP contribution in [0.4, 0.5) is 5.69 Å². The fourth-order valence-corrected chi connectivity index (χ4v) is 7.80. The van der Waals surface area contributed by atoms with Crippen molar-refractivity contribution >= 4 is 35.2 Å². The van der Waals surface area contributed by atoms with Crippen molar-refractivity contribution in [2.45, 2.75) is 43.4 Å². The van der Waals surface area contributed by atoms with Gasteiger partial charge in [0.25, 0.3) is 0 Å². The van der Waals surface area contributed by atoms with E-state index in [1.807, 2.05) is 24.3 Å². The molecule has 1 aromatic carbocycles. The maximum atomic E-state index is 13.6. The highest BCUT2D eigenvalue weighted by atomic mass is 32.2. The molecule has 5 aliphatic rings. The van der Waals surface area contributed by atoms with Gasteiger partial charge in [0.1, 0.15) is 0 Å². The topological polar surface area (TPSA) is 95.7 Å². The summed E-state index contributed by atoms with van der Waals surface area (Å²) in [5.74, 6) is 2.42. The summed E-state index contributed by atoms with van der Waals surface area (Å²) in [6.07, 6.45) is 7.35. The van der Waals surface area contributed by atoms with Crippen LogP contribution >= 0.6 is 11.8 Å². The Morgan fingerprint density at radius 2 is 1.58 bits per heavy atom. The third-order valence-corrected chi connectivity index (χ3v) is 9.15. The van der Waals surface area contributed by atoms with Crippen LogP contribution in [0.25, 0.3) is 0 Å². The van der Waals surface area contributed by atoms with E-state index >= 15 is 0 Å². The summed E-state index contributed by atoms with van der Waals surface area (Å²) >= 11 is 1.32. The Labute approximate surface area is 199 Å². The molecule has 0 atom stereocenters. The molecule has 0 radical (unpaired) electrons. The van der Waals surface area contributed by atoms with Gasteiger partial charge < -0.3 is 16.0 Å². The number of nitrogens with zero attached hydrogens (tertiary/aromatic N) is 2. The van der Waals surface area contributed by atoms with E-state index < -0.39 is 0 Å². The molecule has 178 valence electrons. The summed E-state index contributed by atoms with van der Waals surface area (Å²) in [6.45, 7) is 3.17. The molecule has 33 heavy (non-hydrogen) atoms. The summed E-state index contributed by atoms with van der Waals surface area (Å²) in [7, 11) is 0. The average molecular weight is 471 g/mol. The van der Waals surface area contributed by atoms with Crippen LogP contribution in [0.1, 0.15) is 38.5 Å². The Morgan fingerprint density at radius 1 is 0.970 bits per heavy atom. The van der Waals surface area contributed by atoms with E-state index in [0.717, 1.165) is 55.0 Å². The Morgan fingerprint density at radius 3 is 2.18 bits per heavy atom. The van der Waals surface area contributed by atoms with Crippen molar-refractivity contribution in [2.24, 2.45) is 28.9 Å². The number of hydrogen-bond acceptors (Lipinski definition) is 5. The molecule has 3 N–H and O–H groups in total. The van der Waals surface area contributed by atoms with Gasteiger partial charge in [0.2, 0.25) is 17.7 Å². The second-order valence-electron chi connectivity index (χ2n) is 10.6. The molecule has 8 heteroatoms. The predicted molar refractivity (Wildman–Crippen MR) is 129 cm³/mol. The van der Waals surface area contributed by atoms with E-state index in [-0.39, 0.29) is 23.0 Å². The van der Waals surface area contributed by atoms with Gasteiger partial charge in [-0.1, -0.05) is 12.1 Å². The number of carbonyl (C=O) groups excluding carboxylic acids is 3. The first-order valence-electron chi connectivity index (χ1n) is 12.2. The van der Waals surface area contributed by atoms with E-state index in [1.54, 1.807) is 0 Å². The van der Waals surface area contributed by atoms with Gasteiger partial charge in [-0.15, -0.1) is 11.8 Å². The molecule has 0 aromatic heterocycles.